The molecule has 3 heterocycles. The Labute approximate surface area is 163 Å². The molecule has 3 aromatic heterocycles. The van der Waals surface area contributed by atoms with E-state index in [1.54, 1.807) is 0 Å². The zero-order chi connectivity index (χ0) is 19.3. The lowest BCUT2D eigenvalue weighted by Crippen LogP contribution is -2.08. The highest BCUT2D eigenvalue weighted by atomic mass is 15.5. The van der Waals surface area contributed by atoms with Gasteiger partial charge >= 0.3 is 0 Å². The first kappa shape index (κ1) is 18.0. The number of nitrogens with one attached hydrogen (secondary N) is 1. The fourth-order valence-corrected chi connectivity index (χ4v) is 3.24. The summed E-state index contributed by atoms with van der Waals surface area (Å²) in [5.74, 6) is 2.44. The van der Waals surface area contributed by atoms with E-state index < -0.39 is 0 Å². The van der Waals surface area contributed by atoms with Gasteiger partial charge in [-0.3, -0.25) is 4.98 Å². The monoisotopic (exact) mass is 374 g/mol. The van der Waals surface area contributed by atoms with Crippen molar-refractivity contribution in [1.29, 1.82) is 0 Å². The molecular formula is C20H22N8. The molecule has 1 aromatic carbocycles. The number of aromatic nitrogens is 8. The van der Waals surface area contributed by atoms with E-state index in [9.17, 15) is 0 Å². The minimum absolute atomic E-state index is 0.574. The third-order valence-electron chi connectivity index (χ3n) is 4.56. The van der Waals surface area contributed by atoms with Crippen LogP contribution in [-0.2, 0) is 19.4 Å². The second kappa shape index (κ2) is 8.08. The van der Waals surface area contributed by atoms with Crippen molar-refractivity contribution >= 4 is 0 Å². The number of rotatable bonds is 7. The number of hydrogen-bond acceptors (Lipinski definition) is 6. The van der Waals surface area contributed by atoms with Crippen LogP contribution in [0.3, 0.4) is 0 Å². The molecule has 1 N–H and O–H groups in total. The van der Waals surface area contributed by atoms with E-state index in [0.717, 1.165) is 59.8 Å². The second-order valence-corrected chi connectivity index (χ2v) is 6.62. The van der Waals surface area contributed by atoms with Gasteiger partial charge < -0.3 is 0 Å². The molecule has 28 heavy (non-hydrogen) atoms. The van der Waals surface area contributed by atoms with E-state index in [4.69, 9.17) is 0 Å². The molecule has 0 bridgehead atoms. The number of benzene rings is 1. The largest absolute Gasteiger partial charge is 0.261 e. The Bertz CT molecular complexity index is 1030. The van der Waals surface area contributed by atoms with Crippen LogP contribution in [0, 0.1) is 6.92 Å². The Morgan fingerprint density at radius 3 is 2.61 bits per heavy atom. The van der Waals surface area contributed by atoms with Crippen LogP contribution in [-0.4, -0.2) is 40.4 Å². The summed E-state index contributed by atoms with van der Waals surface area (Å²) >= 11 is 0. The summed E-state index contributed by atoms with van der Waals surface area (Å²) in [7, 11) is 0. The number of aryl methyl sites for hydroxylation is 4. The molecule has 0 saturated carbocycles. The molecule has 0 unspecified atom stereocenters. The van der Waals surface area contributed by atoms with Crippen molar-refractivity contribution in [2.24, 2.45) is 0 Å². The molecule has 0 aliphatic heterocycles. The van der Waals surface area contributed by atoms with Gasteiger partial charge in [0, 0.05) is 42.4 Å². The lowest BCUT2D eigenvalue weighted by atomic mass is 10.0. The van der Waals surface area contributed by atoms with Crippen molar-refractivity contribution in [2.75, 3.05) is 0 Å². The normalized spacial score (nSPS) is 11.1. The molecule has 0 radical (unpaired) electrons. The molecule has 0 spiro atoms. The average Bonchev–Trinajstić information content (AvgIpc) is 3.37. The average molecular weight is 374 g/mol. The quantitative estimate of drug-likeness (QED) is 0.534. The molecule has 0 atom stereocenters. The lowest BCUT2D eigenvalue weighted by molar-refractivity contribution is 0.568. The number of H-pyrrole nitrogens is 1. The molecule has 4 aromatic rings. The van der Waals surface area contributed by atoms with Gasteiger partial charge in [-0.1, -0.05) is 37.3 Å². The first-order valence-electron chi connectivity index (χ1n) is 9.43. The Morgan fingerprint density at radius 2 is 1.89 bits per heavy atom. The Hall–Kier alpha value is -3.42. The smallest absolute Gasteiger partial charge is 0.205 e. The molecule has 0 aliphatic rings. The first-order valence-corrected chi connectivity index (χ1v) is 9.43. The first-order chi connectivity index (χ1) is 13.7. The van der Waals surface area contributed by atoms with Gasteiger partial charge in [0.15, 0.2) is 0 Å². The van der Waals surface area contributed by atoms with Gasteiger partial charge in [-0.05, 0) is 30.2 Å². The van der Waals surface area contributed by atoms with Crippen LogP contribution in [0.5, 0.6) is 0 Å². The number of pyridine rings is 1. The number of tetrazole rings is 1. The summed E-state index contributed by atoms with van der Waals surface area (Å²) in [6.07, 6.45) is 4.71. The SMILES string of the molecule is CCCc1nc(C)nn1CCc1ccc(-c2ccccc2-c2nn[nH]n2)cn1. The molecule has 0 fully saturated rings. The molecule has 0 saturated heterocycles. The van der Waals surface area contributed by atoms with Gasteiger partial charge in [-0.2, -0.15) is 10.3 Å². The van der Waals surface area contributed by atoms with Crippen molar-refractivity contribution in [2.45, 2.75) is 39.7 Å². The van der Waals surface area contributed by atoms with Crippen LogP contribution in [0.2, 0.25) is 0 Å². The molecule has 0 aliphatic carbocycles. The topological polar surface area (TPSA) is 98.1 Å². The third-order valence-corrected chi connectivity index (χ3v) is 4.56. The van der Waals surface area contributed by atoms with Gasteiger partial charge in [-0.25, -0.2) is 9.67 Å². The highest BCUT2D eigenvalue weighted by Gasteiger charge is 2.11. The zero-order valence-electron chi connectivity index (χ0n) is 16.0. The third kappa shape index (κ3) is 3.80. The predicted octanol–water partition coefficient (Wildman–Crippen LogP) is 3.02. The molecular weight excluding hydrogens is 352 g/mol. The molecule has 8 nitrogen and oxygen atoms in total. The van der Waals surface area contributed by atoms with E-state index in [1.807, 2.05) is 42.1 Å². The summed E-state index contributed by atoms with van der Waals surface area (Å²) in [4.78, 5) is 9.16. The van der Waals surface area contributed by atoms with E-state index in [2.05, 4.69) is 54.7 Å². The van der Waals surface area contributed by atoms with E-state index >= 15 is 0 Å². The minimum Gasteiger partial charge on any atom is -0.261 e. The Kier molecular flexibility index (Phi) is 5.18. The number of nitrogens with zero attached hydrogens (tertiary/aromatic N) is 7. The van der Waals surface area contributed by atoms with Crippen LogP contribution in [0.25, 0.3) is 22.5 Å². The number of hydrogen-bond donors (Lipinski definition) is 1. The van der Waals surface area contributed by atoms with Crippen molar-refractivity contribution in [3.05, 3.63) is 59.9 Å². The van der Waals surface area contributed by atoms with E-state index in [1.165, 1.54) is 0 Å². The Balaban J connectivity index is 1.51. The lowest BCUT2D eigenvalue weighted by Gasteiger charge is -2.08. The number of aromatic amines is 1. The van der Waals surface area contributed by atoms with Crippen molar-refractivity contribution in [3.8, 4) is 22.5 Å². The van der Waals surface area contributed by atoms with Crippen LogP contribution < -0.4 is 0 Å². The van der Waals surface area contributed by atoms with E-state index in [0.29, 0.717) is 5.82 Å². The van der Waals surface area contributed by atoms with Gasteiger partial charge in [0.25, 0.3) is 0 Å². The van der Waals surface area contributed by atoms with Gasteiger partial charge in [0.05, 0.1) is 0 Å². The molecule has 0 amide bonds. The van der Waals surface area contributed by atoms with Crippen LogP contribution in [0.4, 0.5) is 0 Å². The van der Waals surface area contributed by atoms with Crippen molar-refractivity contribution in [1.82, 2.24) is 40.4 Å². The van der Waals surface area contributed by atoms with E-state index in [-0.39, 0.29) is 0 Å². The molecule has 8 heteroatoms. The van der Waals surface area contributed by atoms with Crippen molar-refractivity contribution in [3.63, 3.8) is 0 Å². The van der Waals surface area contributed by atoms with Crippen LogP contribution in [0.15, 0.2) is 42.6 Å². The standard InChI is InChI=1S/C20H22N8/c1-3-6-19-22-14(2)25-28(19)12-11-16-10-9-15(13-21-16)17-7-4-5-8-18(17)20-23-26-27-24-20/h4-5,7-10,13H,3,6,11-12H2,1-2H3,(H,23,24,26,27). The van der Waals surface area contributed by atoms with Crippen LogP contribution in [0.1, 0.15) is 30.7 Å². The molecule has 4 rings (SSSR count). The maximum absolute atomic E-state index is 4.65. The Morgan fingerprint density at radius 1 is 1.04 bits per heavy atom. The van der Waals surface area contributed by atoms with Gasteiger partial charge in [-0.15, -0.1) is 10.2 Å². The summed E-state index contributed by atoms with van der Waals surface area (Å²) in [6, 6.07) is 12.1. The fourth-order valence-electron chi connectivity index (χ4n) is 3.24. The highest BCUT2D eigenvalue weighted by Crippen LogP contribution is 2.29. The highest BCUT2D eigenvalue weighted by molar-refractivity contribution is 5.79. The summed E-state index contributed by atoms with van der Waals surface area (Å²) in [5.41, 5.74) is 4.00. The second-order valence-electron chi connectivity index (χ2n) is 6.62. The fraction of sp³-hybridized carbons (Fsp3) is 0.300. The predicted molar refractivity (Wildman–Crippen MR) is 105 cm³/mol. The maximum atomic E-state index is 4.65. The maximum Gasteiger partial charge on any atom is 0.205 e. The van der Waals surface area contributed by atoms with Crippen molar-refractivity contribution < 1.29 is 0 Å². The minimum atomic E-state index is 0.574. The molecule has 142 valence electrons. The van der Waals surface area contributed by atoms with Crippen LogP contribution >= 0.6 is 0 Å². The summed E-state index contributed by atoms with van der Waals surface area (Å²) in [5, 5.41) is 18.9. The zero-order valence-corrected chi connectivity index (χ0v) is 16.0. The van der Waals surface area contributed by atoms with Gasteiger partial charge in [0.1, 0.15) is 11.6 Å². The van der Waals surface area contributed by atoms with Gasteiger partial charge in [0.2, 0.25) is 5.82 Å². The summed E-state index contributed by atoms with van der Waals surface area (Å²) < 4.78 is 2.00. The summed E-state index contributed by atoms with van der Waals surface area (Å²) in [6.45, 7) is 4.87.